The number of carbonyl (C=O) groups is 2. The average molecular weight is 847 g/mol. The SMILES string of the molecule is CCCCC/C=C\C/C=C\C/C=C\CCCCCCCCC(=O)OC(COC(=O)CCCCCCC/C=C\C/C=C\CCCCCC)COC1OC(CO)C(O)C(O)C1O. The third kappa shape index (κ3) is 31.3. The van der Waals surface area contributed by atoms with Gasteiger partial charge in [-0.1, -0.05) is 152 Å². The second-order valence-corrected chi connectivity index (χ2v) is 16.2. The summed E-state index contributed by atoms with van der Waals surface area (Å²) in [6.07, 6.45) is 42.1. The summed E-state index contributed by atoms with van der Waals surface area (Å²) in [6, 6.07) is 0. The summed E-state index contributed by atoms with van der Waals surface area (Å²) in [5, 5.41) is 40.1. The standard InChI is InChI=1S/C50H86O10/c1-3-5-7-9-11-13-15-17-19-21-22-23-25-27-29-31-33-35-37-39-46(53)59-43(42-58-50-49(56)48(55)47(54)44(40-51)60-50)41-57-45(52)38-36-34-32-30-28-26-24-20-18-16-14-12-10-8-6-4-2/h11,13-14,16-17,19-20,22-24,43-44,47-51,54-56H,3-10,12,15,18,21,25-42H2,1-2H3/b13-11-,16-14-,19-17-,23-22-,24-20-. The normalized spacial score (nSPS) is 20.4. The first-order chi connectivity index (χ1) is 29.3. The van der Waals surface area contributed by atoms with E-state index in [2.05, 4.69) is 74.6 Å². The molecule has 0 aromatic heterocycles. The number of aliphatic hydroxyl groups is 4. The van der Waals surface area contributed by atoms with Crippen molar-refractivity contribution in [2.75, 3.05) is 19.8 Å². The zero-order chi connectivity index (χ0) is 43.7. The van der Waals surface area contributed by atoms with Gasteiger partial charge in [0.25, 0.3) is 0 Å². The third-order valence-electron chi connectivity index (χ3n) is 10.6. The largest absolute Gasteiger partial charge is 0.462 e. The Labute approximate surface area is 364 Å². The number of unbranched alkanes of at least 4 members (excludes halogenated alkanes) is 18. The Bertz CT molecular complexity index is 1160. The Morgan fingerprint density at radius 1 is 0.517 bits per heavy atom. The zero-order valence-corrected chi connectivity index (χ0v) is 37.7. The molecular weight excluding hydrogens is 761 g/mol. The quantitative estimate of drug-likeness (QED) is 0.0267. The molecule has 0 bridgehead atoms. The van der Waals surface area contributed by atoms with Crippen molar-refractivity contribution in [2.24, 2.45) is 0 Å². The maximum atomic E-state index is 12.8. The van der Waals surface area contributed by atoms with Gasteiger partial charge in [0.15, 0.2) is 12.4 Å². The first-order valence-corrected chi connectivity index (χ1v) is 23.9. The highest BCUT2D eigenvalue weighted by atomic mass is 16.7. The van der Waals surface area contributed by atoms with Crippen LogP contribution in [-0.2, 0) is 28.5 Å². The molecule has 10 nitrogen and oxygen atoms in total. The summed E-state index contributed by atoms with van der Waals surface area (Å²) in [7, 11) is 0. The van der Waals surface area contributed by atoms with Gasteiger partial charge in [0.2, 0.25) is 0 Å². The van der Waals surface area contributed by atoms with Crippen LogP contribution in [-0.4, -0.2) is 89.0 Å². The van der Waals surface area contributed by atoms with Crippen molar-refractivity contribution in [3.63, 3.8) is 0 Å². The van der Waals surface area contributed by atoms with Gasteiger partial charge in [0.05, 0.1) is 13.2 Å². The maximum absolute atomic E-state index is 12.8. The number of carbonyl (C=O) groups excluding carboxylic acids is 2. The molecule has 4 N–H and O–H groups in total. The zero-order valence-electron chi connectivity index (χ0n) is 37.7. The predicted octanol–water partition coefficient (Wildman–Crippen LogP) is 10.6. The Morgan fingerprint density at radius 2 is 0.933 bits per heavy atom. The van der Waals surface area contributed by atoms with Gasteiger partial charge < -0.3 is 39.4 Å². The van der Waals surface area contributed by atoms with Crippen LogP contribution in [0.3, 0.4) is 0 Å². The van der Waals surface area contributed by atoms with E-state index in [-0.39, 0.29) is 26.1 Å². The molecule has 0 radical (unpaired) electrons. The van der Waals surface area contributed by atoms with E-state index in [1.807, 2.05) is 0 Å². The van der Waals surface area contributed by atoms with Crippen molar-refractivity contribution < 1.29 is 49.0 Å². The number of aliphatic hydroxyl groups excluding tert-OH is 4. The molecule has 0 spiro atoms. The lowest BCUT2D eigenvalue weighted by Gasteiger charge is -2.39. The molecule has 1 fully saturated rings. The van der Waals surface area contributed by atoms with Crippen LogP contribution in [0.5, 0.6) is 0 Å². The van der Waals surface area contributed by atoms with E-state index < -0.39 is 55.4 Å². The minimum Gasteiger partial charge on any atom is -0.462 e. The lowest BCUT2D eigenvalue weighted by atomic mass is 9.99. The molecule has 1 saturated heterocycles. The smallest absolute Gasteiger partial charge is 0.306 e. The molecule has 1 aliphatic rings. The topological polar surface area (TPSA) is 152 Å². The van der Waals surface area contributed by atoms with Gasteiger partial charge in [0, 0.05) is 12.8 Å². The highest BCUT2D eigenvalue weighted by Gasteiger charge is 2.44. The summed E-state index contributed by atoms with van der Waals surface area (Å²) in [5.74, 6) is -0.839. The first kappa shape index (κ1) is 55.4. The molecule has 1 aliphatic heterocycles. The Hall–Kier alpha value is -2.60. The van der Waals surface area contributed by atoms with Gasteiger partial charge in [0.1, 0.15) is 31.0 Å². The molecule has 0 aliphatic carbocycles. The number of hydrogen-bond donors (Lipinski definition) is 4. The molecule has 0 aromatic carbocycles. The Morgan fingerprint density at radius 3 is 1.43 bits per heavy atom. The van der Waals surface area contributed by atoms with Crippen molar-refractivity contribution in [1.29, 1.82) is 0 Å². The van der Waals surface area contributed by atoms with Crippen LogP contribution < -0.4 is 0 Å². The average Bonchev–Trinajstić information content (AvgIpc) is 3.25. The van der Waals surface area contributed by atoms with Crippen LogP contribution in [0.2, 0.25) is 0 Å². The van der Waals surface area contributed by atoms with Crippen molar-refractivity contribution in [3.8, 4) is 0 Å². The molecule has 0 aromatic rings. The Balaban J connectivity index is 2.33. The molecule has 346 valence electrons. The fourth-order valence-corrected chi connectivity index (χ4v) is 6.81. The van der Waals surface area contributed by atoms with Crippen LogP contribution in [0.25, 0.3) is 0 Å². The number of hydrogen-bond acceptors (Lipinski definition) is 10. The minimum absolute atomic E-state index is 0.210. The summed E-state index contributed by atoms with van der Waals surface area (Å²) in [5.41, 5.74) is 0. The summed E-state index contributed by atoms with van der Waals surface area (Å²) in [6.45, 7) is 3.35. The van der Waals surface area contributed by atoms with Gasteiger partial charge in [-0.05, 0) is 83.5 Å². The van der Waals surface area contributed by atoms with Crippen LogP contribution in [0.1, 0.15) is 187 Å². The number of allylic oxidation sites excluding steroid dienone is 10. The summed E-state index contributed by atoms with van der Waals surface area (Å²) in [4.78, 5) is 25.4. The highest BCUT2D eigenvalue weighted by Crippen LogP contribution is 2.22. The number of rotatable bonds is 39. The van der Waals surface area contributed by atoms with Gasteiger partial charge in [-0.15, -0.1) is 0 Å². The van der Waals surface area contributed by atoms with E-state index in [0.717, 1.165) is 89.9 Å². The Kier molecular flexibility index (Phi) is 37.4. The summed E-state index contributed by atoms with van der Waals surface area (Å²) < 4.78 is 22.2. The van der Waals surface area contributed by atoms with Crippen molar-refractivity contribution >= 4 is 11.9 Å². The predicted molar refractivity (Wildman–Crippen MR) is 242 cm³/mol. The van der Waals surface area contributed by atoms with Gasteiger partial charge in [-0.2, -0.15) is 0 Å². The first-order valence-electron chi connectivity index (χ1n) is 23.9. The van der Waals surface area contributed by atoms with Crippen LogP contribution in [0, 0.1) is 0 Å². The van der Waals surface area contributed by atoms with Gasteiger partial charge in [-0.25, -0.2) is 0 Å². The number of ether oxygens (including phenoxy) is 4. The van der Waals surface area contributed by atoms with E-state index >= 15 is 0 Å². The van der Waals surface area contributed by atoms with Crippen LogP contribution in [0.15, 0.2) is 60.8 Å². The molecule has 1 rings (SSSR count). The molecule has 1 heterocycles. The monoisotopic (exact) mass is 847 g/mol. The number of esters is 2. The lowest BCUT2D eigenvalue weighted by Crippen LogP contribution is -2.59. The molecule has 60 heavy (non-hydrogen) atoms. The fourth-order valence-electron chi connectivity index (χ4n) is 6.81. The van der Waals surface area contributed by atoms with E-state index in [1.54, 1.807) is 0 Å². The van der Waals surface area contributed by atoms with Crippen LogP contribution in [0.4, 0.5) is 0 Å². The van der Waals surface area contributed by atoms with Crippen LogP contribution >= 0.6 is 0 Å². The highest BCUT2D eigenvalue weighted by molar-refractivity contribution is 5.70. The molecule has 6 unspecified atom stereocenters. The van der Waals surface area contributed by atoms with E-state index in [0.29, 0.717) is 12.8 Å². The van der Waals surface area contributed by atoms with Gasteiger partial charge >= 0.3 is 11.9 Å². The van der Waals surface area contributed by atoms with E-state index in [9.17, 15) is 30.0 Å². The second kappa shape index (κ2) is 40.5. The molecule has 6 atom stereocenters. The molecule has 0 amide bonds. The summed E-state index contributed by atoms with van der Waals surface area (Å²) >= 11 is 0. The lowest BCUT2D eigenvalue weighted by molar-refractivity contribution is -0.305. The second-order valence-electron chi connectivity index (χ2n) is 16.2. The fraction of sp³-hybridized carbons (Fsp3) is 0.760. The maximum Gasteiger partial charge on any atom is 0.306 e. The third-order valence-corrected chi connectivity index (χ3v) is 10.6. The molecule has 0 saturated carbocycles. The van der Waals surface area contributed by atoms with Crippen molar-refractivity contribution in [1.82, 2.24) is 0 Å². The molecule has 10 heteroatoms. The van der Waals surface area contributed by atoms with Gasteiger partial charge in [-0.3, -0.25) is 9.59 Å². The minimum atomic E-state index is -1.60. The molecular formula is C50H86O10. The van der Waals surface area contributed by atoms with E-state index in [4.69, 9.17) is 18.9 Å². The van der Waals surface area contributed by atoms with Crippen molar-refractivity contribution in [3.05, 3.63) is 60.8 Å². The van der Waals surface area contributed by atoms with E-state index in [1.165, 1.54) is 57.8 Å². The van der Waals surface area contributed by atoms with Crippen molar-refractivity contribution in [2.45, 2.75) is 224 Å².